The summed E-state index contributed by atoms with van der Waals surface area (Å²) in [6.45, 7) is 4.54. The fourth-order valence-corrected chi connectivity index (χ4v) is 3.81. The van der Waals surface area contributed by atoms with Gasteiger partial charge in [0.05, 0.1) is 0 Å². The number of fused-ring (bicyclic) bond motifs is 1. The smallest absolute Gasteiger partial charge is 0.191 e. The molecule has 2 aliphatic carbocycles. The third kappa shape index (κ3) is 3.91. The molecule has 2 aromatic rings. The maximum atomic E-state index is 4.72. The van der Waals surface area contributed by atoms with Crippen molar-refractivity contribution in [3.63, 3.8) is 0 Å². The number of rotatable bonds is 6. The molecule has 7 heteroatoms. The van der Waals surface area contributed by atoms with E-state index in [0.29, 0.717) is 12.0 Å². The number of nitrogens with zero attached hydrogens (tertiary/aromatic N) is 4. The molecule has 2 N–H and O–H groups in total. The van der Waals surface area contributed by atoms with E-state index in [2.05, 4.69) is 27.8 Å². The first-order valence-electron chi connectivity index (χ1n) is 9.11. The van der Waals surface area contributed by atoms with Crippen molar-refractivity contribution >= 4 is 35.6 Å². The largest absolute Gasteiger partial charge is 0.357 e. The lowest BCUT2D eigenvalue weighted by atomic mass is 9.65. The first-order chi connectivity index (χ1) is 11.8. The predicted octanol–water partition coefficient (Wildman–Crippen LogP) is 2.98. The lowest BCUT2D eigenvalue weighted by Crippen LogP contribution is -2.47. The number of hydrogen-bond donors (Lipinski definition) is 2. The van der Waals surface area contributed by atoms with Gasteiger partial charge in [-0.25, -0.2) is 4.99 Å². The zero-order valence-corrected chi connectivity index (χ0v) is 17.1. The van der Waals surface area contributed by atoms with Gasteiger partial charge in [0.2, 0.25) is 0 Å². The maximum Gasteiger partial charge on any atom is 0.191 e. The summed E-state index contributed by atoms with van der Waals surface area (Å²) in [5, 5.41) is 15.4. The molecule has 2 aromatic heterocycles. The Kier molecular flexibility index (Phi) is 5.81. The molecule has 2 saturated carbocycles. The number of nitrogens with one attached hydrogen (secondary N) is 2. The standard InChI is InChI=1S/C18H26N6.HI/c1-2-19-17(21-13-18(9-5-10-18)14-7-8-14)20-12-16-23-22-15-6-3-4-11-24(15)16;/h3-4,6,11,14H,2,5,7-10,12-13H2,1H3,(H2,19,20,21);1H. The van der Waals surface area contributed by atoms with E-state index in [1.807, 2.05) is 28.8 Å². The van der Waals surface area contributed by atoms with E-state index in [9.17, 15) is 0 Å². The fourth-order valence-electron chi connectivity index (χ4n) is 3.81. The molecule has 2 aliphatic rings. The summed E-state index contributed by atoms with van der Waals surface area (Å²) in [7, 11) is 0. The molecule has 0 radical (unpaired) electrons. The van der Waals surface area contributed by atoms with E-state index in [4.69, 9.17) is 4.99 Å². The molecule has 0 atom stereocenters. The van der Waals surface area contributed by atoms with Crippen molar-refractivity contribution in [2.75, 3.05) is 13.1 Å². The third-order valence-electron chi connectivity index (χ3n) is 5.51. The van der Waals surface area contributed by atoms with Crippen molar-refractivity contribution in [3.8, 4) is 0 Å². The van der Waals surface area contributed by atoms with Crippen LogP contribution in [-0.4, -0.2) is 33.6 Å². The van der Waals surface area contributed by atoms with Gasteiger partial charge in [0.25, 0.3) is 0 Å². The normalized spacial score (nSPS) is 19.2. The van der Waals surface area contributed by atoms with E-state index in [1.54, 1.807) is 0 Å². The zero-order chi connectivity index (χ0) is 16.4. The summed E-state index contributed by atoms with van der Waals surface area (Å²) in [4.78, 5) is 4.72. The molecule has 4 rings (SSSR count). The minimum atomic E-state index is 0. The molecular weight excluding hydrogens is 427 g/mol. The molecule has 0 aliphatic heterocycles. The van der Waals surface area contributed by atoms with Gasteiger partial charge in [-0.05, 0) is 56.1 Å². The van der Waals surface area contributed by atoms with Crippen LogP contribution in [0, 0.1) is 11.3 Å². The average Bonchev–Trinajstić information content (AvgIpc) is 3.32. The topological polar surface area (TPSA) is 66.6 Å². The second-order valence-corrected chi connectivity index (χ2v) is 7.08. The Morgan fingerprint density at radius 1 is 1.28 bits per heavy atom. The van der Waals surface area contributed by atoms with E-state index >= 15 is 0 Å². The highest BCUT2D eigenvalue weighted by atomic mass is 127. The minimum absolute atomic E-state index is 0. The number of aromatic nitrogens is 3. The molecule has 2 fully saturated rings. The maximum absolute atomic E-state index is 4.72. The summed E-state index contributed by atoms with van der Waals surface area (Å²) < 4.78 is 1.99. The van der Waals surface area contributed by atoms with Crippen LogP contribution in [0.2, 0.25) is 0 Å². The van der Waals surface area contributed by atoms with E-state index < -0.39 is 0 Å². The highest BCUT2D eigenvalue weighted by Gasteiger charge is 2.48. The first-order valence-corrected chi connectivity index (χ1v) is 9.11. The van der Waals surface area contributed by atoms with Crippen molar-refractivity contribution in [2.45, 2.75) is 45.6 Å². The lowest BCUT2D eigenvalue weighted by Gasteiger charge is -2.43. The van der Waals surface area contributed by atoms with E-state index in [-0.39, 0.29) is 24.0 Å². The van der Waals surface area contributed by atoms with Crippen LogP contribution >= 0.6 is 24.0 Å². The van der Waals surface area contributed by atoms with Crippen molar-refractivity contribution in [1.29, 1.82) is 0 Å². The Balaban J connectivity index is 0.00000182. The van der Waals surface area contributed by atoms with Gasteiger partial charge in [0.1, 0.15) is 6.54 Å². The second kappa shape index (κ2) is 7.88. The van der Waals surface area contributed by atoms with Gasteiger partial charge in [-0.2, -0.15) is 0 Å². The highest BCUT2D eigenvalue weighted by molar-refractivity contribution is 14.0. The van der Waals surface area contributed by atoms with Crippen molar-refractivity contribution < 1.29 is 0 Å². The monoisotopic (exact) mass is 454 g/mol. The van der Waals surface area contributed by atoms with E-state index in [1.165, 1.54) is 32.1 Å². The molecule has 0 amide bonds. The number of hydrogen-bond acceptors (Lipinski definition) is 3. The van der Waals surface area contributed by atoms with Crippen LogP contribution in [0.15, 0.2) is 29.4 Å². The fraction of sp³-hybridized carbons (Fsp3) is 0.611. The predicted molar refractivity (Wildman–Crippen MR) is 110 cm³/mol. The molecule has 0 aromatic carbocycles. The molecule has 136 valence electrons. The Hall–Kier alpha value is -1.38. The number of guanidine groups is 1. The van der Waals surface area contributed by atoms with Gasteiger partial charge in [-0.15, -0.1) is 34.2 Å². The summed E-state index contributed by atoms with van der Waals surface area (Å²) in [5.41, 5.74) is 1.40. The second-order valence-electron chi connectivity index (χ2n) is 7.08. The molecule has 0 unspecified atom stereocenters. The van der Waals surface area contributed by atoms with Crippen molar-refractivity contribution in [2.24, 2.45) is 16.3 Å². The van der Waals surface area contributed by atoms with E-state index in [0.717, 1.165) is 36.4 Å². The lowest BCUT2D eigenvalue weighted by molar-refractivity contribution is 0.106. The molecule has 0 bridgehead atoms. The Morgan fingerprint density at radius 2 is 2.12 bits per heavy atom. The molecule has 0 spiro atoms. The molecular formula is C18H27IN6. The van der Waals surface area contributed by atoms with Crippen LogP contribution in [-0.2, 0) is 6.54 Å². The van der Waals surface area contributed by atoms with Gasteiger partial charge >= 0.3 is 0 Å². The summed E-state index contributed by atoms with van der Waals surface area (Å²) >= 11 is 0. The Labute approximate surface area is 165 Å². The van der Waals surface area contributed by atoms with Crippen LogP contribution < -0.4 is 10.6 Å². The van der Waals surface area contributed by atoms with Gasteiger partial charge in [-0.1, -0.05) is 12.5 Å². The highest BCUT2D eigenvalue weighted by Crippen LogP contribution is 2.56. The first kappa shape index (κ1) is 18.4. The Bertz CT molecular complexity index is 732. The SMILES string of the molecule is CCNC(=NCc1nnc2ccccn12)NCC1(C2CC2)CCC1.I. The van der Waals surface area contributed by atoms with Crippen LogP contribution in [0.4, 0.5) is 0 Å². The summed E-state index contributed by atoms with van der Waals surface area (Å²) in [5.74, 6) is 2.70. The van der Waals surface area contributed by atoms with Crippen LogP contribution in [0.25, 0.3) is 5.65 Å². The van der Waals surface area contributed by atoms with Gasteiger partial charge in [0.15, 0.2) is 17.4 Å². The van der Waals surface area contributed by atoms with Crippen molar-refractivity contribution in [1.82, 2.24) is 25.2 Å². The summed E-state index contributed by atoms with van der Waals surface area (Å²) in [6.07, 6.45) is 8.95. The molecule has 0 saturated heterocycles. The van der Waals surface area contributed by atoms with Gasteiger partial charge in [-0.3, -0.25) is 4.40 Å². The van der Waals surface area contributed by atoms with Gasteiger partial charge < -0.3 is 10.6 Å². The number of pyridine rings is 1. The number of aliphatic imine (C=N–C) groups is 1. The van der Waals surface area contributed by atoms with Crippen molar-refractivity contribution in [3.05, 3.63) is 30.2 Å². The molecule has 2 heterocycles. The van der Waals surface area contributed by atoms with Gasteiger partial charge in [0, 0.05) is 19.3 Å². The minimum Gasteiger partial charge on any atom is -0.357 e. The van der Waals surface area contributed by atoms with Crippen LogP contribution in [0.5, 0.6) is 0 Å². The average molecular weight is 454 g/mol. The summed E-state index contributed by atoms with van der Waals surface area (Å²) in [6, 6.07) is 5.92. The third-order valence-corrected chi connectivity index (χ3v) is 5.51. The van der Waals surface area contributed by atoms with Crippen LogP contribution in [0.3, 0.4) is 0 Å². The Morgan fingerprint density at radius 3 is 2.80 bits per heavy atom. The molecule has 25 heavy (non-hydrogen) atoms. The molecule has 6 nitrogen and oxygen atoms in total. The zero-order valence-electron chi connectivity index (χ0n) is 14.7. The number of halogens is 1. The quantitative estimate of drug-likeness (QED) is 0.400. The van der Waals surface area contributed by atoms with Crippen LogP contribution in [0.1, 0.15) is 44.9 Å².